The van der Waals surface area contributed by atoms with Gasteiger partial charge in [0, 0.05) is 26.0 Å². The Morgan fingerprint density at radius 3 is 2.72 bits per heavy atom. The standard InChI is InChI=1S/C18H14BrCl2NO3/c1-2-25-15-4-3-9(19)5-11(15)18-12(8-16(23)24)17-13(21)6-10(20)7-14(17)22-18/h3-7,22H,2,8H2,1H3,(H,23,24). The summed E-state index contributed by atoms with van der Waals surface area (Å²) in [7, 11) is 0. The van der Waals surface area contributed by atoms with E-state index in [0.29, 0.717) is 44.6 Å². The number of aromatic amines is 1. The molecule has 2 aromatic carbocycles. The molecular weight excluding hydrogens is 429 g/mol. The minimum Gasteiger partial charge on any atom is -0.493 e. The molecular formula is C18H14BrCl2NO3. The Kier molecular flexibility index (Phi) is 5.27. The van der Waals surface area contributed by atoms with Crippen LogP contribution in [0.15, 0.2) is 34.8 Å². The van der Waals surface area contributed by atoms with Crippen LogP contribution >= 0.6 is 39.1 Å². The van der Waals surface area contributed by atoms with Gasteiger partial charge < -0.3 is 14.8 Å². The lowest BCUT2D eigenvalue weighted by Crippen LogP contribution is -2.02. The van der Waals surface area contributed by atoms with Crippen molar-refractivity contribution in [1.82, 2.24) is 4.98 Å². The molecule has 130 valence electrons. The second-order valence-electron chi connectivity index (χ2n) is 5.43. The molecule has 0 aliphatic carbocycles. The number of hydrogen-bond donors (Lipinski definition) is 2. The first-order chi connectivity index (χ1) is 11.9. The highest BCUT2D eigenvalue weighted by atomic mass is 79.9. The first-order valence-corrected chi connectivity index (χ1v) is 9.09. The van der Waals surface area contributed by atoms with Gasteiger partial charge in [-0.25, -0.2) is 0 Å². The van der Waals surface area contributed by atoms with Crippen LogP contribution in [0.2, 0.25) is 10.0 Å². The largest absolute Gasteiger partial charge is 0.493 e. The van der Waals surface area contributed by atoms with Gasteiger partial charge in [-0.15, -0.1) is 0 Å². The zero-order valence-corrected chi connectivity index (χ0v) is 16.3. The van der Waals surface area contributed by atoms with Gasteiger partial charge in [-0.2, -0.15) is 0 Å². The molecule has 1 aromatic heterocycles. The van der Waals surface area contributed by atoms with Crippen LogP contribution in [0.4, 0.5) is 0 Å². The minimum atomic E-state index is -0.943. The zero-order valence-electron chi connectivity index (χ0n) is 13.2. The summed E-state index contributed by atoms with van der Waals surface area (Å²) >= 11 is 15.9. The van der Waals surface area contributed by atoms with Crippen molar-refractivity contribution < 1.29 is 14.6 Å². The monoisotopic (exact) mass is 441 g/mol. The molecule has 0 fully saturated rings. The predicted molar refractivity (Wildman–Crippen MR) is 104 cm³/mol. The number of fused-ring (bicyclic) bond motifs is 1. The molecule has 4 nitrogen and oxygen atoms in total. The van der Waals surface area contributed by atoms with Gasteiger partial charge in [0.1, 0.15) is 5.75 Å². The topological polar surface area (TPSA) is 62.3 Å². The second kappa shape index (κ2) is 7.28. The Hall–Kier alpha value is -1.69. The molecule has 2 N–H and O–H groups in total. The number of aromatic nitrogens is 1. The Balaban J connectivity index is 2.34. The van der Waals surface area contributed by atoms with Crippen molar-refractivity contribution >= 4 is 56.0 Å². The number of benzene rings is 2. The maximum Gasteiger partial charge on any atom is 0.307 e. The lowest BCUT2D eigenvalue weighted by Gasteiger charge is -2.11. The van der Waals surface area contributed by atoms with E-state index in [0.717, 1.165) is 10.0 Å². The number of carbonyl (C=O) groups is 1. The predicted octanol–water partition coefficient (Wildman–Crippen LogP) is 5.93. The van der Waals surface area contributed by atoms with Crippen LogP contribution < -0.4 is 4.74 Å². The molecule has 0 aliphatic heterocycles. The fraction of sp³-hybridized carbons (Fsp3) is 0.167. The van der Waals surface area contributed by atoms with Gasteiger partial charge in [0.2, 0.25) is 0 Å². The van der Waals surface area contributed by atoms with Gasteiger partial charge in [0.05, 0.1) is 23.7 Å². The summed E-state index contributed by atoms with van der Waals surface area (Å²) in [5.41, 5.74) is 2.71. The van der Waals surface area contributed by atoms with Gasteiger partial charge in [0.25, 0.3) is 0 Å². The fourth-order valence-electron chi connectivity index (χ4n) is 2.85. The first-order valence-electron chi connectivity index (χ1n) is 7.54. The molecule has 1 heterocycles. The van der Waals surface area contributed by atoms with Crippen LogP contribution in [0.1, 0.15) is 12.5 Å². The summed E-state index contributed by atoms with van der Waals surface area (Å²) in [6, 6.07) is 8.94. The molecule has 0 saturated heterocycles. The number of nitrogens with one attached hydrogen (secondary N) is 1. The minimum absolute atomic E-state index is 0.172. The average Bonchev–Trinajstić information content (AvgIpc) is 2.87. The molecule has 0 aliphatic rings. The van der Waals surface area contributed by atoms with Gasteiger partial charge in [-0.1, -0.05) is 39.1 Å². The van der Waals surface area contributed by atoms with Gasteiger partial charge in [0.15, 0.2) is 0 Å². The van der Waals surface area contributed by atoms with Crippen molar-refractivity contribution in [2.24, 2.45) is 0 Å². The van der Waals surface area contributed by atoms with Gasteiger partial charge in [-0.05, 0) is 42.8 Å². The van der Waals surface area contributed by atoms with E-state index in [9.17, 15) is 9.90 Å². The molecule has 0 spiro atoms. The Bertz CT molecular complexity index is 969. The summed E-state index contributed by atoms with van der Waals surface area (Å²) in [6.07, 6.45) is -0.172. The zero-order chi connectivity index (χ0) is 18.1. The van der Waals surface area contributed by atoms with E-state index in [4.69, 9.17) is 27.9 Å². The van der Waals surface area contributed by atoms with Crippen molar-refractivity contribution in [3.8, 4) is 17.0 Å². The number of halogens is 3. The second-order valence-corrected chi connectivity index (χ2v) is 7.19. The number of hydrogen-bond acceptors (Lipinski definition) is 2. The van der Waals surface area contributed by atoms with Crippen molar-refractivity contribution in [3.05, 3.63) is 50.4 Å². The Morgan fingerprint density at radius 1 is 1.28 bits per heavy atom. The van der Waals surface area contributed by atoms with Crippen LogP contribution in [-0.4, -0.2) is 22.7 Å². The summed E-state index contributed by atoms with van der Waals surface area (Å²) in [5, 5.41) is 10.9. The van der Waals surface area contributed by atoms with Crippen molar-refractivity contribution in [2.75, 3.05) is 6.61 Å². The third kappa shape index (κ3) is 3.64. The Labute approximate surface area is 162 Å². The molecule has 0 saturated carbocycles. The number of ether oxygens (including phenoxy) is 1. The van der Waals surface area contributed by atoms with E-state index in [1.54, 1.807) is 12.1 Å². The van der Waals surface area contributed by atoms with E-state index in [-0.39, 0.29) is 6.42 Å². The molecule has 3 aromatic rings. The molecule has 0 bridgehead atoms. The van der Waals surface area contributed by atoms with E-state index in [2.05, 4.69) is 20.9 Å². The molecule has 0 atom stereocenters. The van der Waals surface area contributed by atoms with Crippen molar-refractivity contribution in [2.45, 2.75) is 13.3 Å². The number of aliphatic carboxylic acids is 1. The normalized spacial score (nSPS) is 11.0. The fourth-order valence-corrected chi connectivity index (χ4v) is 3.82. The van der Waals surface area contributed by atoms with Crippen LogP contribution in [0, 0.1) is 0 Å². The lowest BCUT2D eigenvalue weighted by molar-refractivity contribution is -0.136. The summed E-state index contributed by atoms with van der Waals surface area (Å²) < 4.78 is 6.57. The Morgan fingerprint density at radius 2 is 2.04 bits per heavy atom. The number of H-pyrrole nitrogens is 1. The van der Waals surface area contributed by atoms with Crippen molar-refractivity contribution in [3.63, 3.8) is 0 Å². The van der Waals surface area contributed by atoms with Crippen LogP contribution in [0.5, 0.6) is 5.75 Å². The molecule has 25 heavy (non-hydrogen) atoms. The van der Waals surface area contributed by atoms with Crippen molar-refractivity contribution in [1.29, 1.82) is 0 Å². The lowest BCUT2D eigenvalue weighted by atomic mass is 10.0. The molecule has 7 heteroatoms. The van der Waals surface area contributed by atoms with E-state index >= 15 is 0 Å². The van der Waals surface area contributed by atoms with Gasteiger partial charge in [-0.3, -0.25) is 4.79 Å². The summed E-state index contributed by atoms with van der Waals surface area (Å²) in [6.45, 7) is 2.39. The molecule has 3 rings (SSSR count). The highest BCUT2D eigenvalue weighted by Gasteiger charge is 2.21. The van der Waals surface area contributed by atoms with E-state index < -0.39 is 5.97 Å². The quantitative estimate of drug-likeness (QED) is 0.514. The smallest absolute Gasteiger partial charge is 0.307 e. The van der Waals surface area contributed by atoms with E-state index in [1.165, 1.54) is 0 Å². The third-order valence-corrected chi connectivity index (χ3v) is 4.77. The average molecular weight is 443 g/mol. The SMILES string of the molecule is CCOc1ccc(Br)cc1-c1[nH]c2cc(Cl)cc(Cl)c2c1CC(=O)O. The highest BCUT2D eigenvalue weighted by molar-refractivity contribution is 9.10. The van der Waals surface area contributed by atoms with E-state index in [1.807, 2.05) is 25.1 Å². The number of rotatable bonds is 5. The van der Waals surface area contributed by atoms with Crippen LogP contribution in [-0.2, 0) is 11.2 Å². The number of carboxylic acid groups (broad SMARTS) is 1. The summed E-state index contributed by atoms with van der Waals surface area (Å²) in [5.74, 6) is -0.285. The van der Waals surface area contributed by atoms with Crippen LogP contribution in [0.3, 0.4) is 0 Å². The summed E-state index contributed by atoms with van der Waals surface area (Å²) in [4.78, 5) is 14.7. The third-order valence-electron chi connectivity index (χ3n) is 3.76. The molecule has 0 amide bonds. The number of carboxylic acids is 1. The maximum atomic E-state index is 11.4. The highest BCUT2D eigenvalue weighted by Crippen LogP contribution is 2.40. The van der Waals surface area contributed by atoms with Crippen LogP contribution in [0.25, 0.3) is 22.2 Å². The molecule has 0 unspecified atom stereocenters. The maximum absolute atomic E-state index is 11.4. The first kappa shape index (κ1) is 18.1. The van der Waals surface area contributed by atoms with Gasteiger partial charge >= 0.3 is 5.97 Å². The molecule has 0 radical (unpaired) electrons.